The topological polar surface area (TPSA) is 91.0 Å². The second-order valence-corrected chi connectivity index (χ2v) is 10.8. The van der Waals surface area contributed by atoms with E-state index in [9.17, 15) is 13.2 Å². The Balaban J connectivity index is 1.34. The Kier molecular flexibility index (Phi) is 7.13. The number of sulfonamides is 1. The number of nitrogens with one attached hydrogen (secondary N) is 2. The van der Waals surface area contributed by atoms with Crippen LogP contribution in [-0.2, 0) is 14.8 Å². The summed E-state index contributed by atoms with van der Waals surface area (Å²) in [5.41, 5.74) is 7.11. The van der Waals surface area contributed by atoms with Crippen molar-refractivity contribution in [2.24, 2.45) is 0 Å². The summed E-state index contributed by atoms with van der Waals surface area (Å²) in [7, 11) is -3.45. The molecule has 3 heterocycles. The average molecular weight is 455 g/mol. The first kappa shape index (κ1) is 22.2. The van der Waals surface area contributed by atoms with Gasteiger partial charge < -0.3 is 4.74 Å². The van der Waals surface area contributed by atoms with Crippen LogP contribution < -0.4 is 10.9 Å². The van der Waals surface area contributed by atoms with Crippen LogP contribution in [0.3, 0.4) is 0 Å². The number of hydrogen-bond acceptors (Lipinski definition) is 8. The van der Waals surface area contributed by atoms with Gasteiger partial charge in [-0.05, 0) is 44.4 Å². The number of carbonyl (C=O) groups excluding carboxylic acids is 1. The fourth-order valence-electron chi connectivity index (χ4n) is 4.25. The van der Waals surface area contributed by atoms with E-state index < -0.39 is 10.0 Å². The zero-order chi connectivity index (χ0) is 21.1. The van der Waals surface area contributed by atoms with Gasteiger partial charge in [0, 0.05) is 25.3 Å². The predicted molar refractivity (Wildman–Crippen MR) is 116 cm³/mol. The molecule has 3 fully saturated rings. The number of hydrazine groups is 1. The first-order valence-electron chi connectivity index (χ1n) is 10.6. The van der Waals surface area contributed by atoms with E-state index in [0.717, 1.165) is 38.8 Å². The van der Waals surface area contributed by atoms with E-state index in [2.05, 4.69) is 22.7 Å². The minimum absolute atomic E-state index is 0.0106. The van der Waals surface area contributed by atoms with Crippen LogP contribution in [0.15, 0.2) is 29.2 Å². The van der Waals surface area contributed by atoms with Gasteiger partial charge >= 0.3 is 0 Å². The Bertz CT molecular complexity index is 837. The number of benzene rings is 1. The molecular weight excluding hydrogens is 424 g/mol. The molecule has 0 bridgehead atoms. The monoisotopic (exact) mass is 454 g/mol. The Labute approximate surface area is 182 Å². The molecule has 30 heavy (non-hydrogen) atoms. The third-order valence-corrected chi connectivity index (χ3v) is 8.99. The second kappa shape index (κ2) is 9.64. The van der Waals surface area contributed by atoms with Gasteiger partial charge in [0.25, 0.3) is 0 Å². The number of Topliss-reactive ketones (excluding diaryl/α,β-unsaturated/α-hetero) is 1. The first-order chi connectivity index (χ1) is 14.5. The number of rotatable bonds is 8. The fourth-order valence-corrected chi connectivity index (χ4v) is 6.87. The number of thioether (sulfide) groups is 1. The van der Waals surface area contributed by atoms with Gasteiger partial charge in [0.15, 0.2) is 5.78 Å². The molecule has 0 spiro atoms. The van der Waals surface area contributed by atoms with Gasteiger partial charge in [-0.3, -0.25) is 9.69 Å². The molecule has 4 rings (SSSR count). The highest BCUT2D eigenvalue weighted by molar-refractivity contribution is 8.00. The predicted octanol–water partition coefficient (Wildman–Crippen LogP) is 1.61. The largest absolute Gasteiger partial charge is 0.375 e. The molecule has 8 nitrogen and oxygen atoms in total. The molecule has 3 aliphatic heterocycles. The highest BCUT2D eigenvalue weighted by atomic mass is 32.2. The molecule has 0 radical (unpaired) electrons. The molecule has 10 heteroatoms. The smallest absolute Gasteiger partial charge is 0.243 e. The number of likely N-dealkylation sites (N-methyl/N-ethyl adjacent to an activating group) is 1. The number of hydrogen-bond donors (Lipinski definition) is 2. The maximum Gasteiger partial charge on any atom is 0.243 e. The molecule has 3 unspecified atom stereocenters. The Hall–Kier alpha value is -1.01. The minimum Gasteiger partial charge on any atom is -0.375 e. The lowest BCUT2D eigenvalue weighted by Gasteiger charge is -2.29. The molecule has 0 saturated carbocycles. The third-order valence-electron chi connectivity index (χ3n) is 5.95. The highest BCUT2D eigenvalue weighted by Gasteiger charge is 2.39. The summed E-state index contributed by atoms with van der Waals surface area (Å²) in [6, 6.07) is 6.34. The number of carbonyl (C=O) groups is 1. The van der Waals surface area contributed by atoms with E-state index >= 15 is 0 Å². The SMILES string of the molecule is CCN1C(SCC(=O)c2ccc(S(=O)(=O)N3CCCC3)cc2)NNC1C1CCCO1. The summed E-state index contributed by atoms with van der Waals surface area (Å²) in [5.74, 6) is 0.301. The molecular formula is C20H30N4O4S2. The van der Waals surface area contributed by atoms with Crippen molar-refractivity contribution < 1.29 is 17.9 Å². The lowest BCUT2D eigenvalue weighted by molar-refractivity contribution is 0.0327. The quantitative estimate of drug-likeness (QED) is 0.573. The number of ketones is 1. The highest BCUT2D eigenvalue weighted by Crippen LogP contribution is 2.27. The third kappa shape index (κ3) is 4.59. The van der Waals surface area contributed by atoms with Crippen molar-refractivity contribution in [3.05, 3.63) is 29.8 Å². The molecule has 3 atom stereocenters. The summed E-state index contributed by atoms with van der Waals surface area (Å²) in [6.07, 6.45) is 4.21. The van der Waals surface area contributed by atoms with E-state index in [4.69, 9.17) is 4.74 Å². The van der Waals surface area contributed by atoms with E-state index in [-0.39, 0.29) is 28.4 Å². The summed E-state index contributed by atoms with van der Waals surface area (Å²) in [5, 5.41) is 0. The van der Waals surface area contributed by atoms with E-state index in [1.165, 1.54) is 16.1 Å². The lowest BCUT2D eigenvalue weighted by Crippen LogP contribution is -2.46. The van der Waals surface area contributed by atoms with Crippen molar-refractivity contribution in [3.63, 3.8) is 0 Å². The van der Waals surface area contributed by atoms with E-state index in [1.807, 2.05) is 0 Å². The van der Waals surface area contributed by atoms with Crippen molar-refractivity contribution >= 4 is 27.6 Å². The van der Waals surface area contributed by atoms with Gasteiger partial charge in [-0.2, -0.15) is 4.31 Å². The van der Waals surface area contributed by atoms with Crippen LogP contribution in [0.2, 0.25) is 0 Å². The van der Waals surface area contributed by atoms with Gasteiger partial charge in [0.1, 0.15) is 11.7 Å². The number of nitrogens with zero attached hydrogens (tertiary/aromatic N) is 2. The van der Waals surface area contributed by atoms with Crippen LogP contribution in [0.4, 0.5) is 0 Å². The number of ether oxygens (including phenoxy) is 1. The first-order valence-corrected chi connectivity index (χ1v) is 13.1. The Morgan fingerprint density at radius 1 is 1.17 bits per heavy atom. The van der Waals surface area contributed by atoms with Crippen LogP contribution in [-0.4, -0.2) is 73.2 Å². The van der Waals surface area contributed by atoms with Crippen LogP contribution in [0.25, 0.3) is 0 Å². The van der Waals surface area contributed by atoms with E-state index in [1.54, 1.807) is 24.3 Å². The lowest BCUT2D eigenvalue weighted by atomic mass is 10.1. The van der Waals surface area contributed by atoms with Gasteiger partial charge in [0.2, 0.25) is 10.0 Å². The summed E-state index contributed by atoms with van der Waals surface area (Å²) >= 11 is 1.53. The van der Waals surface area contributed by atoms with Gasteiger partial charge in [0.05, 0.1) is 16.8 Å². The van der Waals surface area contributed by atoms with Crippen LogP contribution in [0.1, 0.15) is 43.0 Å². The normalized spacial score (nSPS) is 28.4. The van der Waals surface area contributed by atoms with E-state index in [0.29, 0.717) is 24.4 Å². The van der Waals surface area contributed by atoms with Gasteiger partial charge in [-0.15, -0.1) is 11.8 Å². The van der Waals surface area contributed by atoms with Crippen LogP contribution >= 0.6 is 11.8 Å². The van der Waals surface area contributed by atoms with Crippen molar-refractivity contribution in [2.75, 3.05) is 32.0 Å². The van der Waals surface area contributed by atoms with Gasteiger partial charge in [-0.1, -0.05) is 19.1 Å². The molecule has 3 saturated heterocycles. The summed E-state index contributed by atoms with van der Waals surface area (Å²) in [4.78, 5) is 15.2. The average Bonchev–Trinajstić information content (AvgIpc) is 3.53. The maximum atomic E-state index is 12.7. The fraction of sp³-hybridized carbons (Fsp3) is 0.650. The van der Waals surface area contributed by atoms with Crippen molar-refractivity contribution in [1.29, 1.82) is 0 Å². The van der Waals surface area contributed by atoms with Crippen molar-refractivity contribution in [1.82, 2.24) is 20.1 Å². The van der Waals surface area contributed by atoms with Crippen molar-refractivity contribution in [2.45, 2.75) is 55.3 Å². The van der Waals surface area contributed by atoms with Gasteiger partial charge in [-0.25, -0.2) is 19.3 Å². The molecule has 166 valence electrons. The van der Waals surface area contributed by atoms with Crippen LogP contribution in [0, 0.1) is 0 Å². The summed E-state index contributed by atoms with van der Waals surface area (Å²) in [6.45, 7) is 4.90. The zero-order valence-electron chi connectivity index (χ0n) is 17.2. The second-order valence-electron chi connectivity index (χ2n) is 7.84. The molecule has 0 amide bonds. The molecule has 1 aromatic carbocycles. The Morgan fingerprint density at radius 3 is 2.53 bits per heavy atom. The van der Waals surface area contributed by atoms with Crippen LogP contribution in [0.5, 0.6) is 0 Å². The molecule has 1 aromatic rings. The zero-order valence-corrected chi connectivity index (χ0v) is 18.9. The molecule has 0 aliphatic carbocycles. The Morgan fingerprint density at radius 2 is 1.90 bits per heavy atom. The standard InChI is InChI=1S/C20H30N4O4S2/c1-2-24-19(18-6-5-13-28-18)21-22-20(24)29-14-17(25)15-7-9-16(10-8-15)30(26,27)23-11-3-4-12-23/h7-10,18-22H,2-6,11-14H2,1H3. The molecule has 0 aromatic heterocycles. The molecule has 3 aliphatic rings. The maximum absolute atomic E-state index is 12.7. The summed E-state index contributed by atoms with van der Waals surface area (Å²) < 4.78 is 32.6. The van der Waals surface area contributed by atoms with Crippen molar-refractivity contribution in [3.8, 4) is 0 Å². The molecule has 2 N–H and O–H groups in total. The minimum atomic E-state index is -3.45.